The Morgan fingerprint density at radius 1 is 1.56 bits per heavy atom. The summed E-state index contributed by atoms with van der Waals surface area (Å²) in [4.78, 5) is 2.30. The second-order valence-corrected chi connectivity index (χ2v) is 5.51. The Kier molecular flexibility index (Phi) is 4.10. The van der Waals surface area contributed by atoms with Crippen LogP contribution in [0.5, 0.6) is 0 Å². The SMILES string of the molecule is Cc1ccc(C(C(C)N)N2CCC(C)C2CO)o1. The number of aliphatic hydroxyl groups excluding tert-OH is 1. The molecule has 1 fully saturated rings. The first-order valence-corrected chi connectivity index (χ1v) is 6.73. The fourth-order valence-corrected chi connectivity index (χ4v) is 3.00. The van der Waals surface area contributed by atoms with E-state index in [1.807, 2.05) is 26.0 Å². The molecule has 4 nitrogen and oxygen atoms in total. The van der Waals surface area contributed by atoms with Gasteiger partial charge in [0.15, 0.2) is 0 Å². The zero-order valence-corrected chi connectivity index (χ0v) is 11.5. The molecular weight excluding hydrogens is 228 g/mol. The minimum absolute atomic E-state index is 0.0186. The van der Waals surface area contributed by atoms with Crippen LogP contribution in [0.25, 0.3) is 0 Å². The molecule has 0 saturated carbocycles. The van der Waals surface area contributed by atoms with Gasteiger partial charge in [-0.15, -0.1) is 0 Å². The van der Waals surface area contributed by atoms with Gasteiger partial charge in [0.25, 0.3) is 0 Å². The Morgan fingerprint density at radius 2 is 2.28 bits per heavy atom. The number of nitrogens with two attached hydrogens (primary N) is 1. The topological polar surface area (TPSA) is 62.6 Å². The van der Waals surface area contributed by atoms with Crippen molar-refractivity contribution < 1.29 is 9.52 Å². The predicted molar refractivity (Wildman–Crippen MR) is 71.2 cm³/mol. The van der Waals surface area contributed by atoms with E-state index >= 15 is 0 Å². The van der Waals surface area contributed by atoms with Crippen molar-refractivity contribution in [1.82, 2.24) is 4.90 Å². The number of likely N-dealkylation sites (tertiary alicyclic amines) is 1. The van der Waals surface area contributed by atoms with Crippen molar-refractivity contribution in [3.05, 3.63) is 23.7 Å². The summed E-state index contributed by atoms with van der Waals surface area (Å²) >= 11 is 0. The van der Waals surface area contributed by atoms with Crippen LogP contribution in [-0.2, 0) is 0 Å². The molecule has 4 heteroatoms. The number of hydrogen-bond acceptors (Lipinski definition) is 4. The van der Waals surface area contributed by atoms with Crippen molar-refractivity contribution in [2.24, 2.45) is 11.7 Å². The van der Waals surface area contributed by atoms with Crippen molar-refractivity contribution in [2.75, 3.05) is 13.2 Å². The van der Waals surface area contributed by atoms with Crippen LogP contribution in [0.4, 0.5) is 0 Å². The molecule has 4 atom stereocenters. The van der Waals surface area contributed by atoms with Crippen LogP contribution in [0.2, 0.25) is 0 Å². The molecule has 4 unspecified atom stereocenters. The largest absolute Gasteiger partial charge is 0.465 e. The number of furan rings is 1. The molecule has 1 saturated heterocycles. The van der Waals surface area contributed by atoms with Crippen molar-refractivity contribution >= 4 is 0 Å². The summed E-state index contributed by atoms with van der Waals surface area (Å²) in [6, 6.07) is 4.20. The fourth-order valence-electron chi connectivity index (χ4n) is 3.00. The maximum atomic E-state index is 9.58. The number of nitrogens with zero attached hydrogens (tertiary/aromatic N) is 1. The monoisotopic (exact) mass is 252 g/mol. The average Bonchev–Trinajstić information content (AvgIpc) is 2.86. The third-order valence-corrected chi connectivity index (χ3v) is 4.02. The quantitative estimate of drug-likeness (QED) is 0.856. The molecule has 3 N–H and O–H groups in total. The van der Waals surface area contributed by atoms with Crippen molar-refractivity contribution in [3.63, 3.8) is 0 Å². The second-order valence-electron chi connectivity index (χ2n) is 5.51. The maximum Gasteiger partial charge on any atom is 0.122 e. The van der Waals surface area contributed by atoms with Gasteiger partial charge in [-0.3, -0.25) is 4.90 Å². The molecule has 1 aliphatic rings. The van der Waals surface area contributed by atoms with Crippen LogP contribution >= 0.6 is 0 Å². The molecule has 1 aromatic rings. The molecule has 0 radical (unpaired) electrons. The van der Waals surface area contributed by atoms with Gasteiger partial charge in [0.1, 0.15) is 11.5 Å². The molecule has 0 amide bonds. The molecule has 0 aliphatic carbocycles. The highest BCUT2D eigenvalue weighted by Crippen LogP contribution is 2.34. The van der Waals surface area contributed by atoms with Gasteiger partial charge < -0.3 is 15.3 Å². The highest BCUT2D eigenvalue weighted by molar-refractivity contribution is 5.13. The molecule has 18 heavy (non-hydrogen) atoms. The first-order chi connectivity index (χ1) is 8.54. The smallest absolute Gasteiger partial charge is 0.122 e. The summed E-state index contributed by atoms with van der Waals surface area (Å²) < 4.78 is 5.74. The first-order valence-electron chi connectivity index (χ1n) is 6.73. The summed E-state index contributed by atoms with van der Waals surface area (Å²) in [5.41, 5.74) is 6.14. The fraction of sp³-hybridized carbons (Fsp3) is 0.714. The Balaban J connectivity index is 2.25. The van der Waals surface area contributed by atoms with Crippen molar-refractivity contribution in [1.29, 1.82) is 0 Å². The van der Waals surface area contributed by atoms with E-state index in [0.29, 0.717) is 5.92 Å². The average molecular weight is 252 g/mol. The first kappa shape index (κ1) is 13.6. The number of aryl methyl sites for hydroxylation is 1. The van der Waals surface area contributed by atoms with Gasteiger partial charge in [-0.1, -0.05) is 6.92 Å². The van der Waals surface area contributed by atoms with Gasteiger partial charge in [0.2, 0.25) is 0 Å². The summed E-state index contributed by atoms with van der Waals surface area (Å²) in [5.74, 6) is 2.32. The summed E-state index contributed by atoms with van der Waals surface area (Å²) in [6.45, 7) is 7.28. The van der Waals surface area contributed by atoms with Crippen LogP contribution in [0.3, 0.4) is 0 Å². The van der Waals surface area contributed by atoms with Crippen LogP contribution in [0.1, 0.15) is 37.8 Å². The molecule has 0 spiro atoms. The second kappa shape index (κ2) is 5.43. The lowest BCUT2D eigenvalue weighted by molar-refractivity contribution is 0.0821. The Bertz CT molecular complexity index is 389. The lowest BCUT2D eigenvalue weighted by Crippen LogP contribution is -2.44. The zero-order valence-electron chi connectivity index (χ0n) is 11.5. The van der Waals surface area contributed by atoms with Gasteiger partial charge in [-0.25, -0.2) is 0 Å². The van der Waals surface area contributed by atoms with Crippen LogP contribution in [0, 0.1) is 12.8 Å². The van der Waals surface area contributed by atoms with Crippen molar-refractivity contribution in [3.8, 4) is 0 Å². The third kappa shape index (κ3) is 2.46. The molecule has 2 rings (SSSR count). The van der Waals surface area contributed by atoms with E-state index < -0.39 is 0 Å². The molecule has 0 aromatic carbocycles. The Labute approximate surface area is 109 Å². The lowest BCUT2D eigenvalue weighted by Gasteiger charge is -2.34. The third-order valence-electron chi connectivity index (χ3n) is 4.02. The molecule has 102 valence electrons. The van der Waals surface area contributed by atoms with E-state index in [-0.39, 0.29) is 24.7 Å². The van der Waals surface area contributed by atoms with Crippen molar-refractivity contribution in [2.45, 2.75) is 45.3 Å². The van der Waals surface area contributed by atoms with Crippen LogP contribution in [-0.4, -0.2) is 35.2 Å². The van der Waals surface area contributed by atoms with E-state index in [4.69, 9.17) is 10.2 Å². The molecule has 2 heterocycles. The minimum Gasteiger partial charge on any atom is -0.465 e. The van der Waals surface area contributed by atoms with E-state index in [1.54, 1.807) is 0 Å². The van der Waals surface area contributed by atoms with E-state index in [1.165, 1.54) is 0 Å². The molecule has 1 aromatic heterocycles. The van der Waals surface area contributed by atoms with Gasteiger partial charge in [0.05, 0.1) is 12.6 Å². The van der Waals surface area contributed by atoms with E-state index in [9.17, 15) is 5.11 Å². The maximum absolute atomic E-state index is 9.58. The normalized spacial score (nSPS) is 28.5. The number of hydrogen-bond donors (Lipinski definition) is 2. The van der Waals surface area contributed by atoms with Gasteiger partial charge in [-0.05, 0) is 44.9 Å². The van der Waals surface area contributed by atoms with Crippen LogP contribution in [0.15, 0.2) is 16.5 Å². The summed E-state index contributed by atoms with van der Waals surface area (Å²) in [5, 5.41) is 9.58. The van der Waals surface area contributed by atoms with E-state index in [2.05, 4.69) is 11.8 Å². The molecule has 1 aliphatic heterocycles. The van der Waals surface area contributed by atoms with E-state index in [0.717, 1.165) is 24.5 Å². The predicted octanol–water partition coefficient (Wildman–Crippen LogP) is 1.68. The highest BCUT2D eigenvalue weighted by atomic mass is 16.3. The van der Waals surface area contributed by atoms with Gasteiger partial charge in [0, 0.05) is 12.1 Å². The minimum atomic E-state index is -0.0186. The Morgan fingerprint density at radius 3 is 2.78 bits per heavy atom. The van der Waals surface area contributed by atoms with Gasteiger partial charge >= 0.3 is 0 Å². The van der Waals surface area contributed by atoms with Gasteiger partial charge in [-0.2, -0.15) is 0 Å². The highest BCUT2D eigenvalue weighted by Gasteiger charge is 2.38. The number of rotatable bonds is 4. The summed E-state index contributed by atoms with van der Waals surface area (Å²) in [6.07, 6.45) is 1.11. The Hall–Kier alpha value is -0.840. The molecule has 0 bridgehead atoms. The summed E-state index contributed by atoms with van der Waals surface area (Å²) in [7, 11) is 0. The number of aliphatic hydroxyl groups is 1. The lowest BCUT2D eigenvalue weighted by atomic mass is 10.0. The standard InChI is InChI=1S/C14H24N2O2/c1-9-6-7-16(12(9)8-17)14(11(3)15)13-5-4-10(2)18-13/h4-5,9,11-12,14,17H,6-8,15H2,1-3H3. The van der Waals surface area contributed by atoms with Crippen LogP contribution < -0.4 is 5.73 Å². The molecular formula is C14H24N2O2. The zero-order chi connectivity index (χ0) is 13.3.